The Kier molecular flexibility index (Phi) is 1.91. The summed E-state index contributed by atoms with van der Waals surface area (Å²) in [6.07, 6.45) is 3.46. The van der Waals surface area contributed by atoms with Gasteiger partial charge in [0, 0.05) is 24.8 Å². The number of aromatic amines is 1. The van der Waals surface area contributed by atoms with Gasteiger partial charge in [-0.15, -0.1) is 0 Å². The summed E-state index contributed by atoms with van der Waals surface area (Å²) in [7, 11) is -0.369. The highest BCUT2D eigenvalue weighted by atomic mass is 16.7. The fourth-order valence-electron chi connectivity index (χ4n) is 1.32. The molecule has 1 aromatic rings. The summed E-state index contributed by atoms with van der Waals surface area (Å²) in [6, 6.07) is 0. The number of H-pyrrole nitrogens is 1. The average molecular weight is 193 g/mol. The van der Waals surface area contributed by atoms with Crippen LogP contribution in [0.2, 0.25) is 0 Å². The van der Waals surface area contributed by atoms with Crippen LogP contribution in [-0.4, -0.2) is 28.5 Å². The minimum absolute atomic E-state index is 0.369. The number of hydrogen-bond donors (Lipinski definition) is 1. The Bertz CT molecular complexity index is 306. The van der Waals surface area contributed by atoms with E-state index in [1.54, 1.807) is 12.4 Å². The van der Waals surface area contributed by atoms with Gasteiger partial charge in [0.2, 0.25) is 5.60 Å². The molecule has 1 saturated heterocycles. The summed E-state index contributed by atoms with van der Waals surface area (Å²) in [5.74, 6) is 0. The zero-order valence-electron chi connectivity index (χ0n) is 8.70. The van der Waals surface area contributed by atoms with Crippen molar-refractivity contribution in [2.75, 3.05) is 0 Å². The predicted molar refractivity (Wildman–Crippen MR) is 54.0 cm³/mol. The molecule has 0 spiro atoms. The fraction of sp³-hybridized carbons (Fsp3) is 0.556. The Morgan fingerprint density at radius 3 is 2.57 bits per heavy atom. The highest BCUT2D eigenvalue weighted by Crippen LogP contribution is 2.35. The Morgan fingerprint density at radius 2 is 2.14 bits per heavy atom. The van der Waals surface area contributed by atoms with E-state index in [1.165, 1.54) is 0 Å². The predicted octanol–water partition coefficient (Wildman–Crippen LogP) is 0.523. The SMILES string of the molecule is [CH2+]C1(C)OB(c2cn[nH]c2)OC1(C)C. The molecule has 1 aliphatic rings. The van der Waals surface area contributed by atoms with E-state index in [1.807, 2.05) is 20.8 Å². The number of aromatic nitrogens is 2. The number of nitrogens with zero attached hydrogens (tertiary/aromatic N) is 1. The molecule has 74 valence electrons. The molecular weight excluding hydrogens is 179 g/mol. The Morgan fingerprint density at radius 1 is 1.43 bits per heavy atom. The van der Waals surface area contributed by atoms with E-state index in [2.05, 4.69) is 17.1 Å². The average Bonchev–Trinajstić information content (AvgIpc) is 2.58. The van der Waals surface area contributed by atoms with Crippen molar-refractivity contribution < 1.29 is 9.31 Å². The van der Waals surface area contributed by atoms with Crippen molar-refractivity contribution in [1.29, 1.82) is 0 Å². The van der Waals surface area contributed by atoms with E-state index in [-0.39, 0.29) is 7.12 Å². The first-order valence-corrected chi connectivity index (χ1v) is 4.62. The standard InChI is InChI=1S/C9H14BN2O2/c1-8(2)9(3,4)14-10(13-8)7-5-11-12-6-7/h5-6H,1H2,2-4H3,(H,11,12)/q+1. The molecule has 4 nitrogen and oxygen atoms in total. The van der Waals surface area contributed by atoms with E-state index in [9.17, 15) is 0 Å². The van der Waals surface area contributed by atoms with Crippen LogP contribution in [0.1, 0.15) is 20.8 Å². The molecule has 0 aromatic carbocycles. The van der Waals surface area contributed by atoms with Crippen molar-refractivity contribution in [3.8, 4) is 0 Å². The summed E-state index contributed by atoms with van der Waals surface area (Å²) in [5.41, 5.74) is -0.0328. The second-order valence-electron chi connectivity index (χ2n) is 4.34. The van der Waals surface area contributed by atoms with Gasteiger partial charge in [0.1, 0.15) is 5.60 Å². The van der Waals surface area contributed by atoms with Crippen LogP contribution in [0.25, 0.3) is 0 Å². The van der Waals surface area contributed by atoms with Crippen LogP contribution < -0.4 is 5.46 Å². The molecule has 0 amide bonds. The molecule has 0 bridgehead atoms. The Hall–Kier alpha value is -0.935. The van der Waals surface area contributed by atoms with Gasteiger partial charge in [0.25, 0.3) is 0 Å². The van der Waals surface area contributed by atoms with E-state index in [0.29, 0.717) is 0 Å². The van der Waals surface area contributed by atoms with E-state index in [0.717, 1.165) is 5.46 Å². The molecule has 2 rings (SSSR count). The molecule has 1 atom stereocenters. The topological polar surface area (TPSA) is 47.1 Å². The maximum absolute atomic E-state index is 5.76. The van der Waals surface area contributed by atoms with Gasteiger partial charge in [-0.3, -0.25) is 5.10 Å². The maximum Gasteiger partial charge on any atom is 0.501 e. The van der Waals surface area contributed by atoms with Gasteiger partial charge in [-0.1, -0.05) is 0 Å². The molecule has 0 radical (unpaired) electrons. The fourth-order valence-corrected chi connectivity index (χ4v) is 1.32. The molecule has 1 unspecified atom stereocenters. The third kappa shape index (κ3) is 1.33. The van der Waals surface area contributed by atoms with Gasteiger partial charge in [-0.05, 0) is 13.8 Å². The molecule has 14 heavy (non-hydrogen) atoms. The summed E-state index contributed by atoms with van der Waals surface area (Å²) in [6.45, 7) is 9.87. The van der Waals surface area contributed by atoms with Gasteiger partial charge in [-0.25, -0.2) is 0 Å². The van der Waals surface area contributed by atoms with E-state index in [4.69, 9.17) is 9.31 Å². The molecule has 2 heterocycles. The maximum atomic E-state index is 5.76. The lowest BCUT2D eigenvalue weighted by Gasteiger charge is -2.25. The smallest absolute Gasteiger partial charge is 0.395 e. The molecule has 1 aliphatic heterocycles. The first-order chi connectivity index (χ1) is 6.42. The number of hydrogen-bond acceptors (Lipinski definition) is 3. The molecule has 1 N–H and O–H groups in total. The highest BCUT2D eigenvalue weighted by molar-refractivity contribution is 6.62. The van der Waals surface area contributed by atoms with Crippen LogP contribution in [0.5, 0.6) is 0 Å². The third-order valence-corrected chi connectivity index (χ3v) is 2.83. The van der Waals surface area contributed by atoms with Crippen molar-refractivity contribution in [2.24, 2.45) is 0 Å². The first-order valence-electron chi connectivity index (χ1n) is 4.62. The van der Waals surface area contributed by atoms with Gasteiger partial charge in [0.15, 0.2) is 0 Å². The van der Waals surface area contributed by atoms with Crippen LogP contribution in [0.3, 0.4) is 0 Å². The second kappa shape index (κ2) is 2.78. The van der Waals surface area contributed by atoms with Crippen LogP contribution in [-0.2, 0) is 9.31 Å². The normalized spacial score (nSPS) is 30.9. The van der Waals surface area contributed by atoms with Crippen molar-refractivity contribution in [2.45, 2.75) is 32.0 Å². The van der Waals surface area contributed by atoms with Crippen LogP contribution >= 0.6 is 0 Å². The first kappa shape index (κ1) is 9.61. The summed E-state index contributed by atoms with van der Waals surface area (Å²) >= 11 is 0. The monoisotopic (exact) mass is 193 g/mol. The zero-order chi connectivity index (χ0) is 10.4. The Labute approximate surface area is 84.1 Å². The van der Waals surface area contributed by atoms with Crippen LogP contribution in [0.4, 0.5) is 0 Å². The van der Waals surface area contributed by atoms with Gasteiger partial charge in [0.05, 0.1) is 6.92 Å². The molecule has 0 aliphatic carbocycles. The van der Waals surface area contributed by atoms with Gasteiger partial charge in [-0.2, -0.15) is 5.10 Å². The lowest BCUT2D eigenvalue weighted by Crippen LogP contribution is -2.42. The highest BCUT2D eigenvalue weighted by Gasteiger charge is 2.57. The summed E-state index contributed by atoms with van der Waals surface area (Å²) in [4.78, 5) is 0. The summed E-state index contributed by atoms with van der Waals surface area (Å²) in [5, 5.41) is 6.59. The minimum atomic E-state index is -0.533. The molecule has 0 saturated carbocycles. The van der Waals surface area contributed by atoms with E-state index < -0.39 is 11.2 Å². The summed E-state index contributed by atoms with van der Waals surface area (Å²) < 4.78 is 11.5. The van der Waals surface area contributed by atoms with Crippen LogP contribution in [0, 0.1) is 6.92 Å². The second-order valence-corrected chi connectivity index (χ2v) is 4.34. The molecule has 1 aromatic heterocycles. The molecule has 1 fully saturated rings. The van der Waals surface area contributed by atoms with Crippen molar-refractivity contribution >= 4 is 12.6 Å². The van der Waals surface area contributed by atoms with Crippen molar-refractivity contribution in [1.82, 2.24) is 10.2 Å². The number of nitrogens with one attached hydrogen (secondary N) is 1. The molecular formula is C9H14BN2O2+. The third-order valence-electron chi connectivity index (χ3n) is 2.83. The van der Waals surface area contributed by atoms with Gasteiger partial charge < -0.3 is 9.31 Å². The van der Waals surface area contributed by atoms with Gasteiger partial charge >= 0.3 is 7.12 Å². The zero-order valence-corrected chi connectivity index (χ0v) is 8.70. The quantitative estimate of drug-likeness (QED) is 0.522. The van der Waals surface area contributed by atoms with Crippen molar-refractivity contribution in [3.05, 3.63) is 19.3 Å². The lowest BCUT2D eigenvalue weighted by molar-refractivity contribution is 0.0262. The largest absolute Gasteiger partial charge is 0.501 e. The number of rotatable bonds is 1. The molecule has 5 heteroatoms. The minimum Gasteiger partial charge on any atom is -0.395 e. The van der Waals surface area contributed by atoms with Crippen LogP contribution in [0.15, 0.2) is 12.4 Å². The van der Waals surface area contributed by atoms with Crippen molar-refractivity contribution in [3.63, 3.8) is 0 Å². The van der Waals surface area contributed by atoms with E-state index >= 15 is 0 Å². The lowest BCUT2D eigenvalue weighted by atomic mass is 9.82. The Balaban J connectivity index is 2.22.